The van der Waals surface area contributed by atoms with E-state index in [2.05, 4.69) is 5.32 Å². The summed E-state index contributed by atoms with van der Waals surface area (Å²) >= 11 is 11.8. The van der Waals surface area contributed by atoms with Crippen molar-refractivity contribution < 1.29 is 0 Å². The van der Waals surface area contributed by atoms with Gasteiger partial charge in [-0.25, -0.2) is 0 Å². The van der Waals surface area contributed by atoms with Crippen LogP contribution in [0.5, 0.6) is 0 Å². The summed E-state index contributed by atoms with van der Waals surface area (Å²) in [5, 5.41) is 4.76. The molecule has 0 aliphatic carbocycles. The van der Waals surface area contributed by atoms with Crippen LogP contribution in [-0.2, 0) is 0 Å². The second-order valence-corrected chi connectivity index (χ2v) is 3.80. The summed E-state index contributed by atoms with van der Waals surface area (Å²) in [5.74, 6) is 0. The molecule has 3 heteroatoms. The molecule has 1 aliphatic heterocycles. The summed E-state index contributed by atoms with van der Waals surface area (Å²) in [6.45, 7) is 1.09. The molecule has 0 radical (unpaired) electrons. The third kappa shape index (κ3) is 1.45. The van der Waals surface area contributed by atoms with Crippen molar-refractivity contribution in [1.29, 1.82) is 0 Å². The molecule has 1 N–H and O–H groups in total. The third-order valence-electron chi connectivity index (χ3n) is 2.16. The fraction of sp³-hybridized carbons (Fsp3) is 0.333. The number of nitrogens with one attached hydrogen (secondary N) is 1. The highest BCUT2D eigenvalue weighted by atomic mass is 35.5. The summed E-state index contributed by atoms with van der Waals surface area (Å²) in [6.07, 6.45) is 1.17. The van der Waals surface area contributed by atoms with Gasteiger partial charge < -0.3 is 5.32 Å². The Hall–Kier alpha value is -0.240. The largest absolute Gasteiger partial charge is 0.310 e. The molecule has 0 aromatic heterocycles. The number of halogens is 2. The van der Waals surface area contributed by atoms with Crippen LogP contribution in [-0.4, -0.2) is 6.54 Å². The van der Waals surface area contributed by atoms with Crippen molar-refractivity contribution in [2.45, 2.75) is 12.5 Å². The zero-order valence-electron chi connectivity index (χ0n) is 6.48. The molecule has 0 unspecified atom stereocenters. The lowest BCUT2D eigenvalue weighted by Gasteiger charge is -2.28. The van der Waals surface area contributed by atoms with Crippen molar-refractivity contribution in [2.24, 2.45) is 0 Å². The Kier molecular flexibility index (Phi) is 2.26. The van der Waals surface area contributed by atoms with E-state index in [1.54, 1.807) is 6.07 Å². The van der Waals surface area contributed by atoms with Gasteiger partial charge in [0.05, 0.1) is 0 Å². The van der Waals surface area contributed by atoms with Gasteiger partial charge in [-0.2, -0.15) is 0 Å². The number of rotatable bonds is 1. The Bertz CT molecular complexity index is 295. The van der Waals surface area contributed by atoms with E-state index in [9.17, 15) is 0 Å². The van der Waals surface area contributed by atoms with Gasteiger partial charge >= 0.3 is 0 Å². The van der Waals surface area contributed by atoms with Crippen LogP contribution in [0.3, 0.4) is 0 Å². The summed E-state index contributed by atoms with van der Waals surface area (Å²) in [4.78, 5) is 0. The summed E-state index contributed by atoms with van der Waals surface area (Å²) in [7, 11) is 0. The smallest absolute Gasteiger partial charge is 0.0468 e. The summed E-state index contributed by atoms with van der Waals surface area (Å²) in [6, 6.07) is 6.10. The molecule has 1 aromatic rings. The minimum absolute atomic E-state index is 0.440. The average molecular weight is 202 g/mol. The first-order valence-corrected chi connectivity index (χ1v) is 4.71. The standard InChI is InChI=1S/C9H9Cl2N/c10-6-1-2-7(8(11)5-6)9-3-4-12-9/h1-2,5,9,12H,3-4H2/t9-/m0/s1. The van der Waals surface area contributed by atoms with Crippen molar-refractivity contribution in [3.63, 3.8) is 0 Å². The lowest BCUT2D eigenvalue weighted by atomic mass is 9.98. The molecule has 1 atom stereocenters. The van der Waals surface area contributed by atoms with Crippen LogP contribution in [0.15, 0.2) is 18.2 Å². The second-order valence-electron chi connectivity index (χ2n) is 2.96. The molecule has 1 fully saturated rings. The van der Waals surface area contributed by atoms with E-state index >= 15 is 0 Å². The monoisotopic (exact) mass is 201 g/mol. The van der Waals surface area contributed by atoms with E-state index in [-0.39, 0.29) is 0 Å². The Morgan fingerprint density at radius 1 is 1.33 bits per heavy atom. The van der Waals surface area contributed by atoms with E-state index < -0.39 is 0 Å². The fourth-order valence-corrected chi connectivity index (χ4v) is 1.88. The normalized spacial score (nSPS) is 22.0. The third-order valence-corrected chi connectivity index (χ3v) is 2.72. The highest BCUT2D eigenvalue weighted by Gasteiger charge is 2.20. The van der Waals surface area contributed by atoms with Gasteiger partial charge in [-0.05, 0) is 30.7 Å². The molecular weight excluding hydrogens is 193 g/mol. The van der Waals surface area contributed by atoms with Crippen molar-refractivity contribution in [3.8, 4) is 0 Å². The Morgan fingerprint density at radius 2 is 2.08 bits per heavy atom. The van der Waals surface area contributed by atoms with Crippen molar-refractivity contribution >= 4 is 23.2 Å². The van der Waals surface area contributed by atoms with Crippen molar-refractivity contribution in [2.75, 3.05) is 6.54 Å². The van der Waals surface area contributed by atoms with Crippen LogP contribution in [0.25, 0.3) is 0 Å². The highest BCUT2D eigenvalue weighted by Crippen LogP contribution is 2.30. The molecule has 1 saturated heterocycles. The molecular formula is C9H9Cl2N. The molecule has 1 nitrogen and oxygen atoms in total. The highest BCUT2D eigenvalue weighted by molar-refractivity contribution is 6.35. The predicted molar refractivity (Wildman–Crippen MR) is 51.8 cm³/mol. The maximum absolute atomic E-state index is 6.01. The minimum atomic E-state index is 0.440. The average Bonchev–Trinajstić information content (AvgIpc) is 1.91. The zero-order chi connectivity index (χ0) is 8.55. The predicted octanol–water partition coefficient (Wildman–Crippen LogP) is 3.03. The Balaban J connectivity index is 2.31. The van der Waals surface area contributed by atoms with Crippen LogP contribution in [0.2, 0.25) is 10.0 Å². The molecule has 0 saturated carbocycles. The number of benzene rings is 1. The number of hydrogen-bond acceptors (Lipinski definition) is 1. The molecule has 1 aromatic carbocycles. The van der Waals surface area contributed by atoms with Crippen LogP contribution < -0.4 is 5.32 Å². The van der Waals surface area contributed by atoms with Gasteiger partial charge in [0.15, 0.2) is 0 Å². The summed E-state index contributed by atoms with van der Waals surface area (Å²) < 4.78 is 0. The van der Waals surface area contributed by atoms with Gasteiger partial charge in [-0.1, -0.05) is 29.3 Å². The van der Waals surface area contributed by atoms with Crippen LogP contribution in [0, 0.1) is 0 Å². The first-order valence-electron chi connectivity index (χ1n) is 3.96. The van der Waals surface area contributed by atoms with Crippen LogP contribution in [0.1, 0.15) is 18.0 Å². The van der Waals surface area contributed by atoms with Gasteiger partial charge in [0, 0.05) is 16.1 Å². The maximum atomic E-state index is 6.01. The molecule has 0 amide bonds. The molecule has 1 heterocycles. The van der Waals surface area contributed by atoms with Crippen molar-refractivity contribution in [1.82, 2.24) is 5.32 Å². The molecule has 1 aliphatic rings. The van der Waals surface area contributed by atoms with E-state index in [0.717, 1.165) is 17.1 Å². The zero-order valence-corrected chi connectivity index (χ0v) is 7.99. The second kappa shape index (κ2) is 3.25. The summed E-state index contributed by atoms with van der Waals surface area (Å²) in [5.41, 5.74) is 1.16. The quantitative estimate of drug-likeness (QED) is 0.737. The van der Waals surface area contributed by atoms with Crippen LogP contribution >= 0.6 is 23.2 Å². The van der Waals surface area contributed by atoms with Gasteiger partial charge in [0.2, 0.25) is 0 Å². The van der Waals surface area contributed by atoms with E-state index in [4.69, 9.17) is 23.2 Å². The first-order chi connectivity index (χ1) is 5.77. The Morgan fingerprint density at radius 3 is 2.58 bits per heavy atom. The lowest BCUT2D eigenvalue weighted by molar-refractivity contribution is 0.383. The van der Waals surface area contributed by atoms with Gasteiger partial charge in [-0.15, -0.1) is 0 Å². The van der Waals surface area contributed by atoms with E-state index in [0.29, 0.717) is 11.1 Å². The van der Waals surface area contributed by atoms with Crippen molar-refractivity contribution in [3.05, 3.63) is 33.8 Å². The van der Waals surface area contributed by atoms with E-state index in [1.807, 2.05) is 12.1 Å². The minimum Gasteiger partial charge on any atom is -0.310 e. The van der Waals surface area contributed by atoms with E-state index in [1.165, 1.54) is 6.42 Å². The fourth-order valence-electron chi connectivity index (χ4n) is 1.34. The Labute approximate surface area is 81.7 Å². The van der Waals surface area contributed by atoms with Gasteiger partial charge in [0.1, 0.15) is 0 Å². The van der Waals surface area contributed by atoms with Gasteiger partial charge in [0.25, 0.3) is 0 Å². The molecule has 2 rings (SSSR count). The topological polar surface area (TPSA) is 12.0 Å². The maximum Gasteiger partial charge on any atom is 0.0468 e. The molecule has 12 heavy (non-hydrogen) atoms. The van der Waals surface area contributed by atoms with Gasteiger partial charge in [-0.3, -0.25) is 0 Å². The molecule has 64 valence electrons. The van der Waals surface area contributed by atoms with Crippen LogP contribution in [0.4, 0.5) is 0 Å². The SMILES string of the molecule is Clc1ccc([C@@H]2CCN2)c(Cl)c1. The lowest BCUT2D eigenvalue weighted by Crippen LogP contribution is -2.35. The number of hydrogen-bond donors (Lipinski definition) is 1. The molecule has 0 spiro atoms. The first kappa shape index (κ1) is 8.36. The molecule has 0 bridgehead atoms.